The molecule has 0 atom stereocenters. The van der Waals surface area contributed by atoms with E-state index in [0.717, 1.165) is 5.69 Å². The lowest BCUT2D eigenvalue weighted by Crippen LogP contribution is -2.21. The Morgan fingerprint density at radius 1 is 1.14 bits per heavy atom. The van der Waals surface area contributed by atoms with Crippen molar-refractivity contribution in [2.24, 2.45) is 0 Å². The van der Waals surface area contributed by atoms with E-state index in [0.29, 0.717) is 26.8 Å². The average Bonchev–Trinajstić information content (AvgIpc) is 2.54. The predicted octanol–water partition coefficient (Wildman–Crippen LogP) is 4.23. The van der Waals surface area contributed by atoms with Crippen LogP contribution in [0.15, 0.2) is 76.2 Å². The Morgan fingerprint density at radius 2 is 1.82 bits per heavy atom. The van der Waals surface area contributed by atoms with Gasteiger partial charge in [0, 0.05) is 10.8 Å². The number of hydrogen-bond donors (Lipinski definition) is 0. The molecular formula is C17H13ClN2OS. The van der Waals surface area contributed by atoms with Crippen molar-refractivity contribution in [2.45, 2.75) is 5.16 Å². The first-order chi connectivity index (χ1) is 10.7. The summed E-state index contributed by atoms with van der Waals surface area (Å²) in [4.78, 5) is 17.5. The highest BCUT2D eigenvalue weighted by atomic mass is 35.5. The summed E-state index contributed by atoms with van der Waals surface area (Å²) < 4.78 is 1.62. The molecule has 0 amide bonds. The molecule has 1 aromatic heterocycles. The molecule has 0 N–H and O–H groups in total. The van der Waals surface area contributed by atoms with Gasteiger partial charge in [0.05, 0.1) is 16.6 Å². The summed E-state index contributed by atoms with van der Waals surface area (Å²) in [6.07, 6.45) is 0. The average molecular weight is 329 g/mol. The van der Waals surface area contributed by atoms with Gasteiger partial charge in [-0.25, -0.2) is 4.98 Å². The molecule has 0 saturated heterocycles. The molecule has 3 rings (SSSR count). The Bertz CT molecular complexity index is 890. The molecule has 0 aliphatic rings. The molecule has 0 saturated carbocycles. The molecule has 5 heteroatoms. The number of fused-ring (bicyclic) bond motifs is 1. The number of halogens is 1. The van der Waals surface area contributed by atoms with Crippen molar-refractivity contribution in [2.75, 3.05) is 5.75 Å². The summed E-state index contributed by atoms with van der Waals surface area (Å²) in [6, 6.07) is 16.8. The molecule has 0 radical (unpaired) electrons. The van der Waals surface area contributed by atoms with Crippen LogP contribution in [0.4, 0.5) is 0 Å². The molecule has 0 fully saturated rings. The molecule has 3 nitrogen and oxygen atoms in total. The molecule has 0 aliphatic heterocycles. The fourth-order valence-electron chi connectivity index (χ4n) is 2.16. The Labute approximate surface area is 137 Å². The quantitative estimate of drug-likeness (QED) is 0.531. The first-order valence-corrected chi connectivity index (χ1v) is 8.06. The first kappa shape index (κ1) is 14.9. The third kappa shape index (κ3) is 2.93. The van der Waals surface area contributed by atoms with Crippen LogP contribution in [0.2, 0.25) is 0 Å². The molecule has 3 aromatic rings. The Morgan fingerprint density at radius 3 is 2.55 bits per heavy atom. The molecule has 0 unspecified atom stereocenters. The van der Waals surface area contributed by atoms with Crippen LogP contribution < -0.4 is 5.56 Å². The largest absolute Gasteiger partial charge is 0.268 e. The molecular weight excluding hydrogens is 316 g/mol. The Balaban J connectivity index is 2.26. The van der Waals surface area contributed by atoms with Crippen LogP contribution in [0.25, 0.3) is 16.6 Å². The summed E-state index contributed by atoms with van der Waals surface area (Å²) >= 11 is 7.25. The third-order valence-corrected chi connectivity index (χ3v) is 4.43. The van der Waals surface area contributed by atoms with Crippen molar-refractivity contribution in [1.82, 2.24) is 9.55 Å². The van der Waals surface area contributed by atoms with Gasteiger partial charge >= 0.3 is 0 Å². The number of thioether (sulfide) groups is 1. The molecule has 1 heterocycles. The van der Waals surface area contributed by atoms with Crippen LogP contribution in [0.5, 0.6) is 0 Å². The van der Waals surface area contributed by atoms with Crippen LogP contribution in [0.3, 0.4) is 0 Å². The number of nitrogens with zero attached hydrogens (tertiary/aromatic N) is 2. The van der Waals surface area contributed by atoms with E-state index in [2.05, 4.69) is 11.6 Å². The maximum atomic E-state index is 12.8. The zero-order valence-corrected chi connectivity index (χ0v) is 13.3. The standard InChI is InChI=1S/C17H13ClN2OS/c1-12(18)11-22-17-19-15-10-6-5-9-14(15)16(21)20(17)13-7-3-2-4-8-13/h2-10H,1,11H2. The second-order valence-corrected chi connectivity index (χ2v) is 6.17. The van der Waals surface area contributed by atoms with E-state index in [1.54, 1.807) is 10.6 Å². The topological polar surface area (TPSA) is 34.9 Å². The van der Waals surface area contributed by atoms with Gasteiger partial charge in [0.2, 0.25) is 0 Å². The minimum Gasteiger partial charge on any atom is -0.268 e. The van der Waals surface area contributed by atoms with E-state index in [-0.39, 0.29) is 5.56 Å². The number of rotatable bonds is 4. The minimum atomic E-state index is -0.0838. The van der Waals surface area contributed by atoms with Gasteiger partial charge in [-0.15, -0.1) is 0 Å². The summed E-state index contributed by atoms with van der Waals surface area (Å²) in [5.74, 6) is 0.499. The van der Waals surface area contributed by atoms with Crippen molar-refractivity contribution < 1.29 is 0 Å². The van der Waals surface area contributed by atoms with Gasteiger partial charge < -0.3 is 0 Å². The molecule has 0 bridgehead atoms. The van der Waals surface area contributed by atoms with Crippen LogP contribution in [0.1, 0.15) is 0 Å². The van der Waals surface area contributed by atoms with E-state index in [4.69, 9.17) is 11.6 Å². The second kappa shape index (κ2) is 6.38. The summed E-state index contributed by atoms with van der Waals surface area (Å²) in [6.45, 7) is 3.69. The van der Waals surface area contributed by atoms with Gasteiger partial charge in [-0.2, -0.15) is 0 Å². The molecule has 110 valence electrons. The normalized spacial score (nSPS) is 10.8. The van der Waals surface area contributed by atoms with Gasteiger partial charge in [-0.05, 0) is 24.3 Å². The monoisotopic (exact) mass is 328 g/mol. The van der Waals surface area contributed by atoms with E-state index in [9.17, 15) is 4.79 Å². The number of para-hydroxylation sites is 2. The summed E-state index contributed by atoms with van der Waals surface area (Å²) in [5.41, 5.74) is 1.38. The highest BCUT2D eigenvalue weighted by Crippen LogP contribution is 2.23. The fourth-order valence-corrected chi connectivity index (χ4v) is 3.09. The van der Waals surface area contributed by atoms with E-state index in [1.807, 2.05) is 48.5 Å². The van der Waals surface area contributed by atoms with Gasteiger partial charge in [0.25, 0.3) is 5.56 Å². The number of aromatic nitrogens is 2. The lowest BCUT2D eigenvalue weighted by molar-refractivity contribution is 0.821. The highest BCUT2D eigenvalue weighted by Gasteiger charge is 2.12. The predicted molar refractivity (Wildman–Crippen MR) is 93.1 cm³/mol. The van der Waals surface area contributed by atoms with Crippen molar-refractivity contribution in [3.05, 3.63) is 76.6 Å². The number of hydrogen-bond acceptors (Lipinski definition) is 3. The zero-order valence-electron chi connectivity index (χ0n) is 11.7. The van der Waals surface area contributed by atoms with Crippen LogP contribution in [-0.2, 0) is 0 Å². The summed E-state index contributed by atoms with van der Waals surface area (Å²) in [7, 11) is 0. The van der Waals surface area contributed by atoms with Crippen molar-refractivity contribution in [1.29, 1.82) is 0 Å². The highest BCUT2D eigenvalue weighted by molar-refractivity contribution is 7.99. The fraction of sp³-hybridized carbons (Fsp3) is 0.0588. The van der Waals surface area contributed by atoms with E-state index < -0.39 is 0 Å². The maximum absolute atomic E-state index is 12.8. The lowest BCUT2D eigenvalue weighted by Gasteiger charge is -2.12. The first-order valence-electron chi connectivity index (χ1n) is 6.70. The van der Waals surface area contributed by atoms with E-state index in [1.165, 1.54) is 11.8 Å². The number of benzene rings is 2. The Kier molecular flexibility index (Phi) is 4.32. The van der Waals surface area contributed by atoms with Crippen molar-refractivity contribution in [3.63, 3.8) is 0 Å². The van der Waals surface area contributed by atoms with E-state index >= 15 is 0 Å². The molecule has 22 heavy (non-hydrogen) atoms. The zero-order chi connectivity index (χ0) is 15.5. The van der Waals surface area contributed by atoms with Crippen LogP contribution >= 0.6 is 23.4 Å². The SMILES string of the molecule is C=C(Cl)CSc1nc2ccccc2c(=O)n1-c1ccccc1. The van der Waals surface area contributed by atoms with Gasteiger partial charge in [-0.1, -0.05) is 60.3 Å². The second-order valence-electron chi connectivity index (χ2n) is 4.69. The third-order valence-electron chi connectivity index (χ3n) is 3.12. The lowest BCUT2D eigenvalue weighted by atomic mass is 10.2. The van der Waals surface area contributed by atoms with Crippen molar-refractivity contribution >= 4 is 34.3 Å². The molecule has 2 aromatic carbocycles. The van der Waals surface area contributed by atoms with Gasteiger partial charge in [-0.3, -0.25) is 9.36 Å². The maximum Gasteiger partial charge on any atom is 0.266 e. The summed E-state index contributed by atoms with van der Waals surface area (Å²) in [5, 5.41) is 1.73. The van der Waals surface area contributed by atoms with Gasteiger partial charge in [0.1, 0.15) is 0 Å². The Hall–Kier alpha value is -2.04. The minimum absolute atomic E-state index is 0.0838. The van der Waals surface area contributed by atoms with Gasteiger partial charge in [0.15, 0.2) is 5.16 Å². The van der Waals surface area contributed by atoms with Crippen LogP contribution in [0, 0.1) is 0 Å². The van der Waals surface area contributed by atoms with Crippen LogP contribution in [-0.4, -0.2) is 15.3 Å². The molecule has 0 aliphatic carbocycles. The molecule has 0 spiro atoms. The van der Waals surface area contributed by atoms with Crippen molar-refractivity contribution in [3.8, 4) is 5.69 Å². The smallest absolute Gasteiger partial charge is 0.266 e.